The van der Waals surface area contributed by atoms with Gasteiger partial charge in [-0.3, -0.25) is 4.99 Å². The van der Waals surface area contributed by atoms with Gasteiger partial charge in [-0.1, -0.05) is 31.2 Å². The summed E-state index contributed by atoms with van der Waals surface area (Å²) in [5.41, 5.74) is 2.40. The van der Waals surface area contributed by atoms with Crippen molar-refractivity contribution in [3.8, 4) is 0 Å². The topological polar surface area (TPSA) is 67.8 Å². The largest absolute Gasteiger partial charge is 0.381 e. The number of rotatable bonds is 8. The van der Waals surface area contributed by atoms with Crippen LogP contribution in [0.25, 0.3) is 0 Å². The second-order valence-corrected chi connectivity index (χ2v) is 8.00. The Morgan fingerprint density at radius 1 is 1.24 bits per heavy atom. The fourth-order valence-electron chi connectivity index (χ4n) is 3.05. The highest BCUT2D eigenvalue weighted by Crippen LogP contribution is 2.15. The maximum Gasteiger partial charge on any atom is 0.191 e. The molecule has 0 aliphatic carbocycles. The number of ether oxygens (including phenoxy) is 2. The van der Waals surface area contributed by atoms with Gasteiger partial charge in [0.2, 0.25) is 0 Å². The predicted octanol–water partition coefficient (Wildman–Crippen LogP) is 3.88. The van der Waals surface area contributed by atoms with Gasteiger partial charge in [-0.15, -0.1) is 35.3 Å². The molecular formula is C21H31IN4O2S. The summed E-state index contributed by atoms with van der Waals surface area (Å²) in [6.45, 7) is 5.80. The molecule has 2 N–H and O–H groups in total. The molecule has 160 valence electrons. The van der Waals surface area contributed by atoms with Crippen LogP contribution in [0.4, 0.5) is 0 Å². The Labute approximate surface area is 194 Å². The Kier molecular flexibility index (Phi) is 10.9. The van der Waals surface area contributed by atoms with Crippen LogP contribution in [0, 0.1) is 0 Å². The fourth-order valence-corrected chi connectivity index (χ4v) is 3.85. The van der Waals surface area contributed by atoms with Crippen molar-refractivity contribution in [3.05, 3.63) is 51.5 Å². The molecule has 0 atom stereocenters. The van der Waals surface area contributed by atoms with E-state index in [-0.39, 0.29) is 24.0 Å². The van der Waals surface area contributed by atoms with Gasteiger partial charge in [0.05, 0.1) is 19.3 Å². The molecule has 2 aromatic rings. The molecule has 0 radical (unpaired) electrons. The van der Waals surface area contributed by atoms with E-state index in [2.05, 4.69) is 51.8 Å². The van der Waals surface area contributed by atoms with Crippen molar-refractivity contribution in [1.82, 2.24) is 15.6 Å². The molecule has 8 heteroatoms. The minimum atomic E-state index is 0. The van der Waals surface area contributed by atoms with Crippen LogP contribution in [-0.4, -0.2) is 37.3 Å². The molecule has 1 aromatic heterocycles. The molecule has 29 heavy (non-hydrogen) atoms. The number of hydrogen-bond donors (Lipinski definition) is 2. The number of benzene rings is 1. The monoisotopic (exact) mass is 530 g/mol. The van der Waals surface area contributed by atoms with Crippen LogP contribution in [0.15, 0.2) is 35.5 Å². The van der Waals surface area contributed by atoms with E-state index in [0.29, 0.717) is 25.8 Å². The first-order chi connectivity index (χ1) is 13.8. The van der Waals surface area contributed by atoms with E-state index in [9.17, 15) is 0 Å². The molecule has 1 aliphatic rings. The highest BCUT2D eigenvalue weighted by atomic mass is 127. The van der Waals surface area contributed by atoms with E-state index in [1.165, 1.54) is 16.0 Å². The van der Waals surface area contributed by atoms with Crippen LogP contribution in [-0.2, 0) is 35.6 Å². The minimum absolute atomic E-state index is 0. The third-order valence-corrected chi connectivity index (χ3v) is 5.83. The van der Waals surface area contributed by atoms with Crippen molar-refractivity contribution in [2.24, 2.45) is 4.99 Å². The normalized spacial score (nSPS) is 15.0. The number of nitrogens with zero attached hydrogens (tertiary/aromatic N) is 2. The summed E-state index contributed by atoms with van der Waals surface area (Å²) in [6, 6.07) is 8.50. The highest BCUT2D eigenvalue weighted by molar-refractivity contribution is 14.0. The van der Waals surface area contributed by atoms with Crippen LogP contribution in [0.3, 0.4) is 0 Å². The minimum Gasteiger partial charge on any atom is -0.381 e. The maximum atomic E-state index is 6.03. The summed E-state index contributed by atoms with van der Waals surface area (Å²) in [4.78, 5) is 10.0. The molecule has 1 aliphatic heterocycles. The van der Waals surface area contributed by atoms with E-state index >= 15 is 0 Å². The molecule has 3 rings (SSSR count). The maximum absolute atomic E-state index is 6.03. The summed E-state index contributed by atoms with van der Waals surface area (Å²) >= 11 is 1.74. The van der Waals surface area contributed by atoms with Crippen molar-refractivity contribution >= 4 is 41.3 Å². The Balaban J connectivity index is 0.00000300. The standard InChI is InChI=1S/C21H30N4O2S.HI/c1-3-19-13-23-20(28-19)14-25-21(22-2)24-12-16-5-4-6-17(11-16)15-27-18-7-9-26-10-8-18;/h4-6,11,13,18H,3,7-10,12,14-15H2,1-2H3,(H2,22,24,25);1H. The van der Waals surface area contributed by atoms with Gasteiger partial charge in [-0.2, -0.15) is 0 Å². The summed E-state index contributed by atoms with van der Waals surface area (Å²) in [7, 11) is 1.78. The summed E-state index contributed by atoms with van der Waals surface area (Å²) < 4.78 is 11.4. The molecular weight excluding hydrogens is 499 g/mol. The van der Waals surface area contributed by atoms with Gasteiger partial charge in [0.15, 0.2) is 5.96 Å². The van der Waals surface area contributed by atoms with Crippen molar-refractivity contribution in [2.75, 3.05) is 20.3 Å². The smallest absolute Gasteiger partial charge is 0.191 e. The molecule has 0 bridgehead atoms. The summed E-state index contributed by atoms with van der Waals surface area (Å²) in [5, 5.41) is 7.77. The third-order valence-electron chi connectivity index (χ3n) is 4.69. The number of thiazole rings is 1. The molecule has 0 unspecified atom stereocenters. The second kappa shape index (κ2) is 13.1. The van der Waals surface area contributed by atoms with E-state index in [4.69, 9.17) is 9.47 Å². The quantitative estimate of drug-likeness (QED) is 0.308. The molecule has 1 fully saturated rings. The lowest BCUT2D eigenvalue weighted by Crippen LogP contribution is -2.36. The number of hydrogen-bond acceptors (Lipinski definition) is 5. The average molecular weight is 530 g/mol. The van der Waals surface area contributed by atoms with Crippen molar-refractivity contribution in [2.45, 2.75) is 52.0 Å². The lowest BCUT2D eigenvalue weighted by molar-refractivity contribution is -0.0390. The summed E-state index contributed by atoms with van der Waals surface area (Å²) in [5.74, 6) is 0.775. The van der Waals surface area contributed by atoms with Gasteiger partial charge in [-0.05, 0) is 30.4 Å². The number of guanidine groups is 1. The predicted molar refractivity (Wildman–Crippen MR) is 129 cm³/mol. The Morgan fingerprint density at radius 3 is 2.72 bits per heavy atom. The van der Waals surface area contributed by atoms with Crippen molar-refractivity contribution in [3.63, 3.8) is 0 Å². The molecule has 0 spiro atoms. The third kappa shape index (κ3) is 8.19. The molecule has 6 nitrogen and oxygen atoms in total. The van der Waals surface area contributed by atoms with Crippen LogP contribution in [0.2, 0.25) is 0 Å². The average Bonchev–Trinajstić information content (AvgIpc) is 3.21. The first kappa shape index (κ1) is 24.0. The van der Waals surface area contributed by atoms with E-state index in [1.54, 1.807) is 18.4 Å². The number of aliphatic imine (C=N–C) groups is 1. The van der Waals surface area contributed by atoms with Crippen molar-refractivity contribution < 1.29 is 9.47 Å². The zero-order valence-electron chi connectivity index (χ0n) is 17.1. The lowest BCUT2D eigenvalue weighted by atomic mass is 10.1. The van der Waals surface area contributed by atoms with Crippen LogP contribution in [0.5, 0.6) is 0 Å². The SMILES string of the molecule is CCc1cnc(CNC(=NC)NCc2cccc(COC3CCOCC3)c2)s1.I. The van der Waals surface area contributed by atoms with Gasteiger partial charge in [0.1, 0.15) is 5.01 Å². The van der Waals surface area contributed by atoms with Crippen LogP contribution in [0.1, 0.15) is 40.8 Å². The van der Waals surface area contributed by atoms with Crippen molar-refractivity contribution in [1.29, 1.82) is 0 Å². The second-order valence-electron chi connectivity index (χ2n) is 6.80. The first-order valence-corrected chi connectivity index (χ1v) is 10.7. The zero-order chi connectivity index (χ0) is 19.6. The Morgan fingerprint density at radius 2 is 2.00 bits per heavy atom. The molecule has 1 aromatic carbocycles. The van der Waals surface area contributed by atoms with E-state index < -0.39 is 0 Å². The summed E-state index contributed by atoms with van der Waals surface area (Å²) in [6.07, 6.45) is 5.27. The fraction of sp³-hybridized carbons (Fsp3) is 0.524. The van der Waals surface area contributed by atoms with Gasteiger partial charge in [0, 0.05) is 37.9 Å². The van der Waals surface area contributed by atoms with Gasteiger partial charge < -0.3 is 20.1 Å². The van der Waals surface area contributed by atoms with Gasteiger partial charge >= 0.3 is 0 Å². The first-order valence-electron chi connectivity index (χ1n) is 9.92. The molecule has 0 amide bonds. The number of halogens is 1. The highest BCUT2D eigenvalue weighted by Gasteiger charge is 2.14. The van der Waals surface area contributed by atoms with Gasteiger partial charge in [0.25, 0.3) is 0 Å². The number of nitrogens with one attached hydrogen (secondary N) is 2. The van der Waals surface area contributed by atoms with E-state index in [1.807, 2.05) is 6.20 Å². The Bertz CT molecular complexity index is 763. The van der Waals surface area contributed by atoms with Gasteiger partial charge in [-0.25, -0.2) is 4.98 Å². The zero-order valence-corrected chi connectivity index (χ0v) is 20.3. The Hall–Kier alpha value is -1.23. The van der Waals surface area contributed by atoms with E-state index in [0.717, 1.165) is 43.4 Å². The molecule has 2 heterocycles. The van der Waals surface area contributed by atoms with Crippen LogP contribution < -0.4 is 10.6 Å². The number of aromatic nitrogens is 1. The lowest BCUT2D eigenvalue weighted by Gasteiger charge is -2.22. The van der Waals surface area contributed by atoms with Crippen LogP contribution >= 0.6 is 35.3 Å². The molecule has 1 saturated heterocycles. The molecule has 0 saturated carbocycles. The number of aryl methyl sites for hydroxylation is 1.